The third-order valence-corrected chi connectivity index (χ3v) is 3.36. The molecule has 1 aliphatic carbocycles. The number of ether oxygens (including phenoxy) is 1. The lowest BCUT2D eigenvalue weighted by Gasteiger charge is -2.21. The minimum Gasteiger partial charge on any atom is -0.378 e. The summed E-state index contributed by atoms with van der Waals surface area (Å²) in [5.74, 6) is 0. The first-order valence-electron chi connectivity index (χ1n) is 7.02. The Labute approximate surface area is 109 Å². The molecule has 1 heterocycles. The molecule has 0 aromatic carbocycles. The van der Waals surface area contributed by atoms with Crippen molar-refractivity contribution in [2.45, 2.75) is 51.2 Å². The Kier molecular flexibility index (Phi) is 5.61. The van der Waals surface area contributed by atoms with E-state index >= 15 is 0 Å². The van der Waals surface area contributed by atoms with Crippen LogP contribution in [0.15, 0.2) is 6.20 Å². The summed E-state index contributed by atoms with van der Waals surface area (Å²) in [4.78, 5) is 0. The molecule has 1 aromatic rings. The first-order valence-corrected chi connectivity index (χ1v) is 7.02. The van der Waals surface area contributed by atoms with Crippen molar-refractivity contribution in [1.82, 2.24) is 20.3 Å². The fourth-order valence-electron chi connectivity index (χ4n) is 2.37. The number of rotatable bonds is 7. The molecule has 0 amide bonds. The predicted octanol–water partition coefficient (Wildman–Crippen LogP) is 1.64. The highest BCUT2D eigenvalue weighted by molar-refractivity contribution is 4.90. The molecule has 5 nitrogen and oxygen atoms in total. The summed E-state index contributed by atoms with van der Waals surface area (Å²) in [6.07, 6.45) is 10.1. The molecule has 2 rings (SSSR count). The van der Waals surface area contributed by atoms with Gasteiger partial charge in [-0.25, -0.2) is 0 Å². The van der Waals surface area contributed by atoms with Crippen LogP contribution in [-0.2, 0) is 18.3 Å². The second-order valence-corrected chi connectivity index (χ2v) is 5.04. The highest BCUT2D eigenvalue weighted by atomic mass is 16.5. The average Bonchev–Trinajstić information content (AvgIpc) is 2.81. The van der Waals surface area contributed by atoms with Gasteiger partial charge in [-0.2, -0.15) is 0 Å². The van der Waals surface area contributed by atoms with Gasteiger partial charge in [0.2, 0.25) is 0 Å². The van der Waals surface area contributed by atoms with Crippen molar-refractivity contribution < 1.29 is 4.74 Å². The van der Waals surface area contributed by atoms with Crippen LogP contribution < -0.4 is 5.32 Å². The molecule has 0 saturated heterocycles. The van der Waals surface area contributed by atoms with Crippen LogP contribution in [0.25, 0.3) is 0 Å². The van der Waals surface area contributed by atoms with Crippen molar-refractivity contribution in [3.8, 4) is 0 Å². The fraction of sp³-hybridized carbons (Fsp3) is 0.846. The van der Waals surface area contributed by atoms with Crippen LogP contribution in [0.4, 0.5) is 0 Å². The van der Waals surface area contributed by atoms with Gasteiger partial charge in [0.05, 0.1) is 11.8 Å². The molecule has 0 bridgehead atoms. The van der Waals surface area contributed by atoms with Crippen molar-refractivity contribution in [2.75, 3.05) is 13.2 Å². The maximum Gasteiger partial charge on any atom is 0.0964 e. The molecule has 1 N–H and O–H groups in total. The molecule has 1 saturated carbocycles. The number of aryl methyl sites for hydroxylation is 1. The molecule has 5 heteroatoms. The Hall–Kier alpha value is -0.940. The van der Waals surface area contributed by atoms with E-state index in [1.165, 1.54) is 32.1 Å². The average molecular weight is 252 g/mol. The molecule has 0 spiro atoms. The maximum absolute atomic E-state index is 5.87. The molecule has 0 atom stereocenters. The molecular weight excluding hydrogens is 228 g/mol. The zero-order valence-electron chi connectivity index (χ0n) is 11.3. The molecular formula is C13H24N4O. The van der Waals surface area contributed by atoms with Crippen LogP contribution in [0, 0.1) is 0 Å². The van der Waals surface area contributed by atoms with Gasteiger partial charge in [0.25, 0.3) is 0 Å². The highest BCUT2D eigenvalue weighted by Crippen LogP contribution is 2.20. The van der Waals surface area contributed by atoms with Gasteiger partial charge in [-0.1, -0.05) is 24.5 Å². The monoisotopic (exact) mass is 252 g/mol. The molecule has 18 heavy (non-hydrogen) atoms. The topological polar surface area (TPSA) is 52.0 Å². The first kappa shape index (κ1) is 13.5. The van der Waals surface area contributed by atoms with Crippen molar-refractivity contribution in [3.05, 3.63) is 11.9 Å². The van der Waals surface area contributed by atoms with E-state index in [2.05, 4.69) is 15.6 Å². The standard InChI is InChI=1S/C13H24N4O/c1-17-11-12(15-16-17)10-14-8-5-9-18-13-6-3-2-4-7-13/h11,13-14H,2-10H2,1H3. The minimum atomic E-state index is 0.527. The van der Waals surface area contributed by atoms with E-state index in [0.717, 1.165) is 31.8 Å². The molecule has 1 aromatic heterocycles. The smallest absolute Gasteiger partial charge is 0.0964 e. The van der Waals surface area contributed by atoms with Gasteiger partial charge in [0, 0.05) is 26.4 Å². The van der Waals surface area contributed by atoms with E-state index in [0.29, 0.717) is 6.10 Å². The Bertz CT molecular complexity index is 333. The van der Waals surface area contributed by atoms with Crippen molar-refractivity contribution in [2.24, 2.45) is 7.05 Å². The Morgan fingerprint density at radius 1 is 1.39 bits per heavy atom. The zero-order valence-corrected chi connectivity index (χ0v) is 11.3. The van der Waals surface area contributed by atoms with Gasteiger partial charge in [-0.3, -0.25) is 4.68 Å². The normalized spacial score (nSPS) is 17.2. The van der Waals surface area contributed by atoms with Crippen LogP contribution in [0.2, 0.25) is 0 Å². The Balaban J connectivity index is 1.46. The maximum atomic E-state index is 5.87. The highest BCUT2D eigenvalue weighted by Gasteiger charge is 2.12. The number of aromatic nitrogens is 3. The lowest BCUT2D eigenvalue weighted by molar-refractivity contribution is 0.0273. The van der Waals surface area contributed by atoms with Gasteiger partial charge in [-0.15, -0.1) is 5.10 Å². The minimum absolute atomic E-state index is 0.527. The summed E-state index contributed by atoms with van der Waals surface area (Å²) in [7, 11) is 1.88. The second kappa shape index (κ2) is 7.48. The van der Waals surface area contributed by atoms with E-state index in [9.17, 15) is 0 Å². The molecule has 1 aliphatic rings. The van der Waals surface area contributed by atoms with Gasteiger partial charge in [-0.05, 0) is 25.8 Å². The second-order valence-electron chi connectivity index (χ2n) is 5.04. The van der Waals surface area contributed by atoms with E-state index in [-0.39, 0.29) is 0 Å². The lowest BCUT2D eigenvalue weighted by Crippen LogP contribution is -2.20. The Morgan fingerprint density at radius 2 is 2.22 bits per heavy atom. The van der Waals surface area contributed by atoms with E-state index < -0.39 is 0 Å². The van der Waals surface area contributed by atoms with Gasteiger partial charge >= 0.3 is 0 Å². The number of hydrogen-bond donors (Lipinski definition) is 1. The van der Waals surface area contributed by atoms with Crippen molar-refractivity contribution in [1.29, 1.82) is 0 Å². The zero-order chi connectivity index (χ0) is 12.6. The quantitative estimate of drug-likeness (QED) is 0.750. The fourth-order valence-corrected chi connectivity index (χ4v) is 2.37. The summed E-state index contributed by atoms with van der Waals surface area (Å²) in [5, 5.41) is 11.3. The molecule has 0 unspecified atom stereocenters. The molecule has 102 valence electrons. The summed E-state index contributed by atoms with van der Waals surface area (Å²) >= 11 is 0. The van der Waals surface area contributed by atoms with Gasteiger partial charge in [0.1, 0.15) is 0 Å². The van der Waals surface area contributed by atoms with E-state index in [1.54, 1.807) is 4.68 Å². The van der Waals surface area contributed by atoms with Crippen molar-refractivity contribution in [3.63, 3.8) is 0 Å². The summed E-state index contributed by atoms with van der Waals surface area (Å²) in [5.41, 5.74) is 0.991. The molecule has 0 aliphatic heterocycles. The summed E-state index contributed by atoms with van der Waals surface area (Å²) < 4.78 is 7.59. The van der Waals surface area contributed by atoms with Crippen LogP contribution >= 0.6 is 0 Å². The summed E-state index contributed by atoms with van der Waals surface area (Å²) in [6.45, 7) is 2.64. The number of nitrogens with one attached hydrogen (secondary N) is 1. The Morgan fingerprint density at radius 3 is 2.94 bits per heavy atom. The number of nitrogens with zero attached hydrogens (tertiary/aromatic N) is 3. The van der Waals surface area contributed by atoms with E-state index in [1.807, 2.05) is 13.2 Å². The molecule has 1 fully saturated rings. The SMILES string of the molecule is Cn1cc(CNCCCOC2CCCCC2)nn1. The van der Waals surface area contributed by atoms with Crippen LogP contribution in [0.1, 0.15) is 44.2 Å². The summed E-state index contributed by atoms with van der Waals surface area (Å²) in [6, 6.07) is 0. The third kappa shape index (κ3) is 4.74. The van der Waals surface area contributed by atoms with Gasteiger partial charge < -0.3 is 10.1 Å². The largest absolute Gasteiger partial charge is 0.378 e. The van der Waals surface area contributed by atoms with Gasteiger partial charge in [0.15, 0.2) is 0 Å². The third-order valence-electron chi connectivity index (χ3n) is 3.36. The van der Waals surface area contributed by atoms with Crippen LogP contribution in [0.5, 0.6) is 0 Å². The van der Waals surface area contributed by atoms with Crippen LogP contribution in [-0.4, -0.2) is 34.2 Å². The number of hydrogen-bond acceptors (Lipinski definition) is 4. The van der Waals surface area contributed by atoms with E-state index in [4.69, 9.17) is 4.74 Å². The van der Waals surface area contributed by atoms with Crippen molar-refractivity contribution >= 4 is 0 Å². The predicted molar refractivity (Wildman–Crippen MR) is 70.2 cm³/mol. The van der Waals surface area contributed by atoms with Crippen LogP contribution in [0.3, 0.4) is 0 Å². The lowest BCUT2D eigenvalue weighted by atomic mass is 9.98. The molecule has 0 radical (unpaired) electrons. The first-order chi connectivity index (χ1) is 8.84.